The second-order valence-corrected chi connectivity index (χ2v) is 3.41. The lowest BCUT2D eigenvalue weighted by Crippen LogP contribution is -2.14. The average molecular weight is 179 g/mol. The van der Waals surface area contributed by atoms with Crippen LogP contribution < -0.4 is 16.6 Å². The predicted molar refractivity (Wildman–Crippen MR) is 51.7 cm³/mol. The number of rotatable bonds is 1. The molecule has 13 heavy (non-hydrogen) atoms. The molecule has 70 valence electrons. The summed E-state index contributed by atoms with van der Waals surface area (Å²) in [5.41, 5.74) is 6.76. The van der Waals surface area contributed by atoms with Crippen molar-refractivity contribution in [2.45, 2.75) is 12.3 Å². The molecular weight excluding hydrogens is 166 g/mol. The summed E-state index contributed by atoms with van der Waals surface area (Å²) >= 11 is 0. The average Bonchev–Trinajstić information content (AvgIpc) is 2.62. The van der Waals surface area contributed by atoms with Gasteiger partial charge in [-0.2, -0.15) is 0 Å². The number of hydrogen-bond acceptors (Lipinski definition) is 3. The van der Waals surface area contributed by atoms with Crippen LogP contribution in [0.1, 0.15) is 17.9 Å². The van der Waals surface area contributed by atoms with Gasteiger partial charge in [-0.25, -0.2) is 0 Å². The molecule has 2 rings (SSSR count). The van der Waals surface area contributed by atoms with Crippen LogP contribution in [0.25, 0.3) is 0 Å². The molecule has 2 heterocycles. The summed E-state index contributed by atoms with van der Waals surface area (Å²) in [5.74, 6) is 0.499. The highest BCUT2D eigenvalue weighted by molar-refractivity contribution is 5.38. The SMILES string of the molecule is Nc1cc(C2CCNC2)c[nH]c1=O. The Morgan fingerprint density at radius 3 is 3.00 bits per heavy atom. The lowest BCUT2D eigenvalue weighted by Gasteiger charge is -2.07. The zero-order valence-corrected chi connectivity index (χ0v) is 7.34. The van der Waals surface area contributed by atoms with Crippen LogP contribution in [0.15, 0.2) is 17.1 Å². The number of nitrogen functional groups attached to an aromatic ring is 1. The third-order valence-electron chi connectivity index (χ3n) is 2.49. The van der Waals surface area contributed by atoms with Gasteiger partial charge >= 0.3 is 0 Å². The first-order chi connectivity index (χ1) is 6.27. The van der Waals surface area contributed by atoms with Crippen LogP contribution >= 0.6 is 0 Å². The van der Waals surface area contributed by atoms with E-state index in [0.717, 1.165) is 25.1 Å². The first-order valence-corrected chi connectivity index (χ1v) is 4.46. The van der Waals surface area contributed by atoms with Crippen LogP contribution in [-0.4, -0.2) is 18.1 Å². The summed E-state index contributed by atoms with van der Waals surface area (Å²) in [4.78, 5) is 13.6. The number of aromatic nitrogens is 1. The van der Waals surface area contributed by atoms with Crippen molar-refractivity contribution in [2.75, 3.05) is 18.8 Å². The van der Waals surface area contributed by atoms with Crippen molar-refractivity contribution in [3.63, 3.8) is 0 Å². The van der Waals surface area contributed by atoms with E-state index >= 15 is 0 Å². The Morgan fingerprint density at radius 2 is 2.38 bits per heavy atom. The van der Waals surface area contributed by atoms with Crippen LogP contribution in [-0.2, 0) is 0 Å². The quantitative estimate of drug-likeness (QED) is 0.569. The predicted octanol–water partition coefficient (Wildman–Crippen LogP) is 0.0340. The Hall–Kier alpha value is -1.29. The van der Waals surface area contributed by atoms with E-state index in [2.05, 4.69) is 10.3 Å². The highest BCUT2D eigenvalue weighted by Crippen LogP contribution is 2.21. The largest absolute Gasteiger partial charge is 0.394 e. The first-order valence-electron chi connectivity index (χ1n) is 4.46. The van der Waals surface area contributed by atoms with Crippen LogP contribution in [0.4, 0.5) is 5.69 Å². The molecule has 0 spiro atoms. The lowest BCUT2D eigenvalue weighted by molar-refractivity contribution is 0.758. The first kappa shape index (κ1) is 8.31. The lowest BCUT2D eigenvalue weighted by atomic mass is 10.0. The Kier molecular flexibility index (Phi) is 2.06. The van der Waals surface area contributed by atoms with Gasteiger partial charge < -0.3 is 16.0 Å². The van der Waals surface area contributed by atoms with E-state index in [0.29, 0.717) is 11.6 Å². The van der Waals surface area contributed by atoms with Gasteiger partial charge in [0.15, 0.2) is 0 Å². The summed E-state index contributed by atoms with van der Waals surface area (Å²) in [6.45, 7) is 2.02. The molecular formula is C9H13N3O. The van der Waals surface area contributed by atoms with E-state index < -0.39 is 0 Å². The minimum absolute atomic E-state index is 0.199. The van der Waals surface area contributed by atoms with Crippen molar-refractivity contribution >= 4 is 5.69 Å². The molecule has 0 aliphatic carbocycles. The van der Waals surface area contributed by atoms with Crippen molar-refractivity contribution in [1.29, 1.82) is 0 Å². The number of H-pyrrole nitrogens is 1. The molecule has 1 fully saturated rings. The van der Waals surface area contributed by atoms with E-state index in [9.17, 15) is 4.79 Å². The van der Waals surface area contributed by atoms with Crippen molar-refractivity contribution in [3.8, 4) is 0 Å². The van der Waals surface area contributed by atoms with Crippen LogP contribution in [0, 0.1) is 0 Å². The standard InChI is InChI=1S/C9H13N3O/c10-8-3-7(5-12-9(8)13)6-1-2-11-4-6/h3,5-6,11H,1-2,4,10H2,(H,12,13). The molecule has 1 unspecified atom stereocenters. The van der Waals surface area contributed by atoms with Crippen LogP contribution in [0.5, 0.6) is 0 Å². The smallest absolute Gasteiger partial charge is 0.271 e. The summed E-state index contributed by atoms with van der Waals surface area (Å²) in [5, 5.41) is 3.27. The van der Waals surface area contributed by atoms with Gasteiger partial charge in [0, 0.05) is 12.7 Å². The maximum absolute atomic E-state index is 11.0. The van der Waals surface area contributed by atoms with E-state index in [4.69, 9.17) is 5.73 Å². The van der Waals surface area contributed by atoms with Gasteiger partial charge in [-0.15, -0.1) is 0 Å². The third-order valence-corrected chi connectivity index (χ3v) is 2.49. The fourth-order valence-corrected chi connectivity index (χ4v) is 1.69. The zero-order chi connectivity index (χ0) is 9.26. The fraction of sp³-hybridized carbons (Fsp3) is 0.444. The molecule has 1 aromatic heterocycles. The van der Waals surface area contributed by atoms with Gasteiger partial charge in [0.1, 0.15) is 0 Å². The molecule has 0 aromatic carbocycles. The Balaban J connectivity index is 2.30. The molecule has 1 aromatic rings. The molecule has 4 N–H and O–H groups in total. The second-order valence-electron chi connectivity index (χ2n) is 3.41. The molecule has 4 heteroatoms. The fourth-order valence-electron chi connectivity index (χ4n) is 1.69. The second kappa shape index (κ2) is 3.22. The Labute approximate surface area is 76.2 Å². The maximum atomic E-state index is 11.0. The monoisotopic (exact) mass is 179 g/mol. The number of pyridine rings is 1. The molecule has 0 bridgehead atoms. The summed E-state index contributed by atoms with van der Waals surface area (Å²) in [6.07, 6.45) is 2.88. The molecule has 1 aliphatic heterocycles. The third kappa shape index (κ3) is 1.58. The van der Waals surface area contributed by atoms with Gasteiger partial charge in [0.05, 0.1) is 5.69 Å². The van der Waals surface area contributed by atoms with Crippen molar-refractivity contribution in [1.82, 2.24) is 10.3 Å². The molecule has 1 aliphatic rings. The molecule has 1 saturated heterocycles. The van der Waals surface area contributed by atoms with E-state index in [1.807, 2.05) is 0 Å². The van der Waals surface area contributed by atoms with Crippen molar-refractivity contribution < 1.29 is 0 Å². The van der Waals surface area contributed by atoms with E-state index in [1.165, 1.54) is 0 Å². The number of nitrogens with one attached hydrogen (secondary N) is 2. The van der Waals surface area contributed by atoms with Crippen LogP contribution in [0.3, 0.4) is 0 Å². The molecule has 0 amide bonds. The van der Waals surface area contributed by atoms with E-state index in [-0.39, 0.29) is 5.56 Å². The number of hydrogen-bond donors (Lipinski definition) is 3. The minimum atomic E-state index is -0.199. The summed E-state index contributed by atoms with van der Waals surface area (Å²) in [7, 11) is 0. The summed E-state index contributed by atoms with van der Waals surface area (Å²) in [6, 6.07) is 1.77. The van der Waals surface area contributed by atoms with Gasteiger partial charge in [0.2, 0.25) is 0 Å². The highest BCUT2D eigenvalue weighted by atomic mass is 16.1. The normalized spacial score (nSPS) is 22.0. The van der Waals surface area contributed by atoms with E-state index in [1.54, 1.807) is 12.3 Å². The Morgan fingerprint density at radius 1 is 1.54 bits per heavy atom. The number of nitrogens with two attached hydrogens (primary N) is 1. The zero-order valence-electron chi connectivity index (χ0n) is 7.34. The van der Waals surface area contributed by atoms with Crippen molar-refractivity contribution in [2.24, 2.45) is 0 Å². The summed E-state index contributed by atoms with van der Waals surface area (Å²) < 4.78 is 0. The number of aromatic amines is 1. The number of anilines is 1. The molecule has 4 nitrogen and oxygen atoms in total. The van der Waals surface area contributed by atoms with Gasteiger partial charge in [-0.3, -0.25) is 4.79 Å². The molecule has 0 radical (unpaired) electrons. The van der Waals surface area contributed by atoms with Gasteiger partial charge in [-0.05, 0) is 30.5 Å². The maximum Gasteiger partial charge on any atom is 0.271 e. The molecule has 0 saturated carbocycles. The molecule has 1 atom stereocenters. The Bertz CT molecular complexity index is 352. The topological polar surface area (TPSA) is 70.9 Å². The van der Waals surface area contributed by atoms with Gasteiger partial charge in [0.25, 0.3) is 5.56 Å². The van der Waals surface area contributed by atoms with Crippen LogP contribution in [0.2, 0.25) is 0 Å². The van der Waals surface area contributed by atoms with Gasteiger partial charge in [-0.1, -0.05) is 0 Å². The minimum Gasteiger partial charge on any atom is -0.394 e. The van der Waals surface area contributed by atoms with Crippen molar-refractivity contribution in [3.05, 3.63) is 28.2 Å². The highest BCUT2D eigenvalue weighted by Gasteiger charge is 2.16.